The van der Waals surface area contributed by atoms with Crippen molar-refractivity contribution in [2.24, 2.45) is 5.92 Å². The van der Waals surface area contributed by atoms with Gasteiger partial charge in [0.2, 0.25) is 11.8 Å². The maximum atomic E-state index is 12.6. The lowest BCUT2D eigenvalue weighted by atomic mass is 10.1. The van der Waals surface area contributed by atoms with Crippen LogP contribution in [-0.4, -0.2) is 49.3 Å². The fraction of sp³-hybridized carbons (Fsp3) is 0.500. The molecule has 2 amide bonds. The lowest BCUT2D eigenvalue weighted by molar-refractivity contribution is -0.127. The Kier molecular flexibility index (Phi) is 4.67. The summed E-state index contributed by atoms with van der Waals surface area (Å²) in [7, 11) is -2.96. The first-order chi connectivity index (χ1) is 12.8. The van der Waals surface area contributed by atoms with Crippen molar-refractivity contribution in [3.63, 3.8) is 0 Å². The topological polar surface area (TPSA) is 96.4 Å². The van der Waals surface area contributed by atoms with Crippen molar-refractivity contribution in [1.82, 2.24) is 10.3 Å². The summed E-state index contributed by atoms with van der Waals surface area (Å²) in [6.07, 6.45) is 1.04. The van der Waals surface area contributed by atoms with Crippen molar-refractivity contribution in [2.75, 3.05) is 23.0 Å². The third-order valence-corrected chi connectivity index (χ3v) is 7.92. The van der Waals surface area contributed by atoms with E-state index in [0.29, 0.717) is 24.5 Å². The predicted octanol–water partition coefficient (Wildman–Crippen LogP) is 1.65. The van der Waals surface area contributed by atoms with Crippen molar-refractivity contribution >= 4 is 48.3 Å². The zero-order valence-corrected chi connectivity index (χ0v) is 16.6. The number of thiazole rings is 1. The molecule has 1 aromatic heterocycles. The largest absolute Gasteiger partial charge is 0.353 e. The maximum absolute atomic E-state index is 12.6. The number of hydrogen-bond donors (Lipinski definition) is 1. The van der Waals surface area contributed by atoms with E-state index in [1.807, 2.05) is 25.1 Å². The van der Waals surface area contributed by atoms with Crippen molar-refractivity contribution in [3.05, 3.63) is 23.8 Å². The van der Waals surface area contributed by atoms with E-state index >= 15 is 0 Å². The van der Waals surface area contributed by atoms with Gasteiger partial charge < -0.3 is 5.32 Å². The van der Waals surface area contributed by atoms with Crippen molar-refractivity contribution in [2.45, 2.75) is 32.2 Å². The molecule has 0 saturated carbocycles. The molecule has 7 nitrogen and oxygen atoms in total. The Hall–Kier alpha value is -2.00. The maximum Gasteiger partial charge on any atom is 0.229 e. The third kappa shape index (κ3) is 3.84. The lowest BCUT2D eigenvalue weighted by Crippen LogP contribution is -2.43. The van der Waals surface area contributed by atoms with Crippen LogP contribution >= 0.6 is 11.3 Å². The Morgan fingerprint density at radius 2 is 2.04 bits per heavy atom. The molecule has 0 radical (unpaired) electrons. The molecule has 1 N–H and O–H groups in total. The number of carbonyl (C=O) groups is 2. The van der Waals surface area contributed by atoms with Gasteiger partial charge in [-0.3, -0.25) is 14.5 Å². The minimum atomic E-state index is -2.96. The molecular weight excluding hydrogens is 386 g/mol. The molecule has 9 heteroatoms. The first kappa shape index (κ1) is 18.4. The second kappa shape index (κ2) is 6.87. The van der Waals surface area contributed by atoms with Crippen LogP contribution in [0.15, 0.2) is 18.2 Å². The van der Waals surface area contributed by atoms with Gasteiger partial charge in [0.25, 0.3) is 0 Å². The molecule has 2 aromatic rings. The summed E-state index contributed by atoms with van der Waals surface area (Å²) in [4.78, 5) is 31.1. The van der Waals surface area contributed by atoms with Gasteiger partial charge in [-0.25, -0.2) is 13.4 Å². The number of carbonyl (C=O) groups excluding carboxylic acids is 2. The lowest BCUT2D eigenvalue weighted by Gasteiger charge is -2.24. The van der Waals surface area contributed by atoms with Crippen molar-refractivity contribution < 1.29 is 18.0 Å². The number of rotatable bonds is 3. The van der Waals surface area contributed by atoms with Crippen LogP contribution in [-0.2, 0) is 19.4 Å². The number of nitrogens with one attached hydrogen (secondary N) is 1. The Bertz CT molecular complexity index is 1000. The molecule has 0 aliphatic carbocycles. The van der Waals surface area contributed by atoms with Gasteiger partial charge in [0, 0.05) is 19.0 Å². The van der Waals surface area contributed by atoms with E-state index in [2.05, 4.69) is 10.3 Å². The molecule has 0 bridgehead atoms. The predicted molar refractivity (Wildman–Crippen MR) is 105 cm³/mol. The van der Waals surface area contributed by atoms with Crippen LogP contribution in [0.1, 0.15) is 24.8 Å². The summed E-state index contributed by atoms with van der Waals surface area (Å²) in [5.74, 6) is -0.480. The molecule has 27 heavy (non-hydrogen) atoms. The van der Waals surface area contributed by atoms with Crippen LogP contribution in [0.5, 0.6) is 0 Å². The molecule has 1 atom stereocenters. The first-order valence-electron chi connectivity index (χ1n) is 8.99. The number of nitrogens with zero attached hydrogens (tertiary/aromatic N) is 2. The number of sulfone groups is 1. The number of amides is 2. The first-order valence-corrected chi connectivity index (χ1v) is 11.6. The van der Waals surface area contributed by atoms with Gasteiger partial charge in [-0.1, -0.05) is 17.4 Å². The summed E-state index contributed by atoms with van der Waals surface area (Å²) in [6.45, 7) is 2.32. The summed E-state index contributed by atoms with van der Waals surface area (Å²) in [5.41, 5.74) is 1.99. The SMILES string of the molecule is Cc1ccc2nc(N3CC(C(=O)NC4CCS(=O)(=O)CC4)CC3=O)sc2c1. The number of benzene rings is 1. The van der Waals surface area contributed by atoms with E-state index in [-0.39, 0.29) is 35.8 Å². The van der Waals surface area contributed by atoms with Gasteiger partial charge in [0.15, 0.2) is 5.13 Å². The molecule has 0 spiro atoms. The van der Waals surface area contributed by atoms with Crippen LogP contribution in [0.2, 0.25) is 0 Å². The molecule has 3 heterocycles. The highest BCUT2D eigenvalue weighted by Gasteiger charge is 2.37. The van der Waals surface area contributed by atoms with Crippen LogP contribution in [0.4, 0.5) is 5.13 Å². The van der Waals surface area contributed by atoms with Gasteiger partial charge in [-0.2, -0.15) is 0 Å². The monoisotopic (exact) mass is 407 g/mol. The quantitative estimate of drug-likeness (QED) is 0.835. The zero-order valence-electron chi connectivity index (χ0n) is 15.0. The molecule has 1 unspecified atom stereocenters. The second-order valence-electron chi connectivity index (χ2n) is 7.31. The average Bonchev–Trinajstić information content (AvgIpc) is 3.19. The van der Waals surface area contributed by atoms with Gasteiger partial charge >= 0.3 is 0 Å². The van der Waals surface area contributed by atoms with E-state index in [4.69, 9.17) is 0 Å². The van der Waals surface area contributed by atoms with Crippen LogP contribution < -0.4 is 10.2 Å². The molecule has 2 saturated heterocycles. The average molecular weight is 408 g/mol. The van der Waals surface area contributed by atoms with E-state index in [0.717, 1.165) is 15.8 Å². The van der Waals surface area contributed by atoms with E-state index in [1.54, 1.807) is 4.90 Å². The number of hydrogen-bond acceptors (Lipinski definition) is 6. The second-order valence-corrected chi connectivity index (χ2v) is 10.6. The Morgan fingerprint density at radius 1 is 1.30 bits per heavy atom. The van der Waals surface area contributed by atoms with Crippen LogP contribution in [0, 0.1) is 12.8 Å². The van der Waals surface area contributed by atoms with Gasteiger partial charge in [-0.05, 0) is 37.5 Å². The highest BCUT2D eigenvalue weighted by Crippen LogP contribution is 2.33. The van der Waals surface area contributed by atoms with Crippen LogP contribution in [0.25, 0.3) is 10.2 Å². The standard InChI is InChI=1S/C18H21N3O4S2/c1-11-2-3-14-15(8-11)26-18(20-14)21-10-12(9-16(21)22)17(23)19-13-4-6-27(24,25)7-5-13/h2-3,8,12-13H,4-7,9-10H2,1H3,(H,19,23). The van der Waals surface area contributed by atoms with Gasteiger partial charge in [-0.15, -0.1) is 0 Å². The van der Waals surface area contributed by atoms with Crippen molar-refractivity contribution in [1.29, 1.82) is 0 Å². The minimum absolute atomic E-state index is 0.0999. The molecule has 144 valence electrons. The number of aryl methyl sites for hydroxylation is 1. The summed E-state index contributed by atoms with van der Waals surface area (Å²) < 4.78 is 24.0. The molecule has 2 aliphatic heterocycles. The Labute approximate surface area is 161 Å². The number of aromatic nitrogens is 1. The fourth-order valence-electron chi connectivity index (χ4n) is 3.56. The summed E-state index contributed by atoms with van der Waals surface area (Å²) in [5, 5.41) is 3.55. The fourth-order valence-corrected chi connectivity index (χ4v) is 6.14. The zero-order chi connectivity index (χ0) is 19.2. The minimum Gasteiger partial charge on any atom is -0.353 e. The smallest absolute Gasteiger partial charge is 0.229 e. The van der Waals surface area contributed by atoms with E-state index in [9.17, 15) is 18.0 Å². The highest BCUT2D eigenvalue weighted by molar-refractivity contribution is 7.91. The highest BCUT2D eigenvalue weighted by atomic mass is 32.2. The summed E-state index contributed by atoms with van der Waals surface area (Å²) in [6, 6.07) is 5.83. The Morgan fingerprint density at radius 3 is 2.78 bits per heavy atom. The number of fused-ring (bicyclic) bond motifs is 1. The van der Waals surface area contributed by atoms with Crippen molar-refractivity contribution in [3.8, 4) is 0 Å². The molecule has 1 aromatic carbocycles. The number of anilines is 1. The third-order valence-electron chi connectivity index (χ3n) is 5.16. The molecule has 2 fully saturated rings. The van der Waals surface area contributed by atoms with E-state index < -0.39 is 15.8 Å². The normalized spacial score (nSPS) is 23.1. The van der Waals surface area contributed by atoms with Gasteiger partial charge in [0.1, 0.15) is 9.84 Å². The van der Waals surface area contributed by atoms with Gasteiger partial charge in [0.05, 0.1) is 27.6 Å². The summed E-state index contributed by atoms with van der Waals surface area (Å²) >= 11 is 1.46. The molecule has 4 rings (SSSR count). The van der Waals surface area contributed by atoms with E-state index in [1.165, 1.54) is 11.3 Å². The molecular formula is C18H21N3O4S2. The molecule has 2 aliphatic rings. The van der Waals surface area contributed by atoms with Crippen LogP contribution in [0.3, 0.4) is 0 Å². The Balaban J connectivity index is 1.43.